The predicted molar refractivity (Wildman–Crippen MR) is 131 cm³/mol. The summed E-state index contributed by atoms with van der Waals surface area (Å²) in [6, 6.07) is 12.6. The molecule has 34 heavy (non-hydrogen) atoms. The maximum absolute atomic E-state index is 5.43. The molecular weight excluding hydrogens is 426 g/mol. The first-order valence-electron chi connectivity index (χ1n) is 11.7. The molecule has 4 aromatic heterocycles. The van der Waals surface area contributed by atoms with Crippen LogP contribution in [0.4, 0.5) is 0 Å². The SMILES string of the molecule is c1ccc(Cn2cc(-c3c[nH]c4ncc(-c5cnn(CCN6CCOCC6)c5)cc34)cn2)cc1. The van der Waals surface area contributed by atoms with Gasteiger partial charge in [0.25, 0.3) is 0 Å². The lowest BCUT2D eigenvalue weighted by Crippen LogP contribution is -2.38. The minimum absolute atomic E-state index is 0.746. The lowest BCUT2D eigenvalue weighted by atomic mass is 10.1. The van der Waals surface area contributed by atoms with Crippen molar-refractivity contribution < 1.29 is 4.74 Å². The summed E-state index contributed by atoms with van der Waals surface area (Å²) < 4.78 is 9.42. The van der Waals surface area contributed by atoms with Crippen molar-refractivity contribution in [2.75, 3.05) is 32.8 Å². The maximum Gasteiger partial charge on any atom is 0.137 e. The number of H-pyrrole nitrogens is 1. The molecule has 5 heterocycles. The number of pyridine rings is 1. The van der Waals surface area contributed by atoms with E-state index in [9.17, 15) is 0 Å². The van der Waals surface area contributed by atoms with Gasteiger partial charge >= 0.3 is 0 Å². The number of benzene rings is 1. The highest BCUT2D eigenvalue weighted by atomic mass is 16.5. The minimum atomic E-state index is 0.746. The molecule has 8 nitrogen and oxygen atoms in total. The zero-order chi connectivity index (χ0) is 22.7. The number of rotatable bonds is 7. The van der Waals surface area contributed by atoms with E-state index in [1.54, 1.807) is 0 Å². The Morgan fingerprint density at radius 1 is 0.853 bits per heavy atom. The van der Waals surface area contributed by atoms with Gasteiger partial charge in [-0.25, -0.2) is 4.98 Å². The van der Waals surface area contributed by atoms with Gasteiger partial charge in [0.2, 0.25) is 0 Å². The topological polar surface area (TPSA) is 76.8 Å². The molecule has 1 saturated heterocycles. The number of aromatic nitrogens is 6. The average Bonchev–Trinajstić information content (AvgIpc) is 3.63. The van der Waals surface area contributed by atoms with E-state index in [1.807, 2.05) is 40.2 Å². The molecule has 5 aromatic rings. The van der Waals surface area contributed by atoms with Crippen LogP contribution in [0.1, 0.15) is 5.56 Å². The van der Waals surface area contributed by atoms with Crippen LogP contribution >= 0.6 is 0 Å². The largest absolute Gasteiger partial charge is 0.379 e. The van der Waals surface area contributed by atoms with Gasteiger partial charge in [-0.05, 0) is 11.6 Å². The molecule has 1 aromatic carbocycles. The van der Waals surface area contributed by atoms with Crippen LogP contribution in [0.5, 0.6) is 0 Å². The van der Waals surface area contributed by atoms with Gasteiger partial charge in [-0.2, -0.15) is 10.2 Å². The number of ether oxygens (including phenoxy) is 1. The van der Waals surface area contributed by atoms with Crippen molar-refractivity contribution in [3.05, 3.63) is 79.1 Å². The van der Waals surface area contributed by atoms with Gasteiger partial charge in [0.15, 0.2) is 0 Å². The van der Waals surface area contributed by atoms with Crippen LogP contribution in [-0.2, 0) is 17.8 Å². The third-order valence-electron chi connectivity index (χ3n) is 6.38. The summed E-state index contributed by atoms with van der Waals surface area (Å²) in [7, 11) is 0. The molecule has 1 fully saturated rings. The molecule has 6 rings (SSSR count). The second kappa shape index (κ2) is 9.24. The Bertz CT molecular complexity index is 1380. The van der Waals surface area contributed by atoms with Gasteiger partial charge in [0, 0.05) is 72.1 Å². The van der Waals surface area contributed by atoms with E-state index in [1.165, 1.54) is 5.56 Å². The fraction of sp³-hybridized carbons (Fsp3) is 0.269. The number of nitrogens with one attached hydrogen (secondary N) is 1. The first-order chi connectivity index (χ1) is 16.8. The summed E-state index contributed by atoms with van der Waals surface area (Å²) in [4.78, 5) is 10.4. The number of morpholine rings is 1. The normalized spacial score (nSPS) is 14.7. The lowest BCUT2D eigenvalue weighted by molar-refractivity contribution is 0.0360. The van der Waals surface area contributed by atoms with Gasteiger partial charge in [0.1, 0.15) is 5.65 Å². The molecule has 0 radical (unpaired) electrons. The van der Waals surface area contributed by atoms with Crippen molar-refractivity contribution in [2.45, 2.75) is 13.1 Å². The van der Waals surface area contributed by atoms with Crippen LogP contribution < -0.4 is 0 Å². The Balaban J connectivity index is 1.21. The van der Waals surface area contributed by atoms with E-state index in [-0.39, 0.29) is 0 Å². The molecule has 172 valence electrons. The van der Waals surface area contributed by atoms with E-state index >= 15 is 0 Å². The van der Waals surface area contributed by atoms with Crippen molar-refractivity contribution in [3.63, 3.8) is 0 Å². The summed E-state index contributed by atoms with van der Waals surface area (Å²) in [5.41, 5.74) is 6.40. The van der Waals surface area contributed by atoms with Crippen LogP contribution in [0, 0.1) is 0 Å². The molecule has 1 aliphatic rings. The monoisotopic (exact) mass is 453 g/mol. The summed E-state index contributed by atoms with van der Waals surface area (Å²) in [5, 5.41) is 10.2. The van der Waals surface area contributed by atoms with Gasteiger partial charge < -0.3 is 9.72 Å². The number of hydrogen-bond acceptors (Lipinski definition) is 5. The number of fused-ring (bicyclic) bond motifs is 1. The van der Waals surface area contributed by atoms with Crippen molar-refractivity contribution in [1.29, 1.82) is 0 Å². The lowest BCUT2D eigenvalue weighted by Gasteiger charge is -2.26. The summed E-state index contributed by atoms with van der Waals surface area (Å²) in [5.74, 6) is 0. The van der Waals surface area contributed by atoms with Gasteiger partial charge in [-0.3, -0.25) is 14.3 Å². The Hall–Kier alpha value is -3.75. The van der Waals surface area contributed by atoms with Crippen molar-refractivity contribution in [3.8, 4) is 22.3 Å². The second-order valence-corrected chi connectivity index (χ2v) is 8.68. The average molecular weight is 454 g/mol. The molecule has 1 aliphatic heterocycles. The molecule has 8 heteroatoms. The first kappa shape index (κ1) is 20.8. The Morgan fingerprint density at radius 3 is 2.53 bits per heavy atom. The van der Waals surface area contributed by atoms with Crippen LogP contribution in [0.2, 0.25) is 0 Å². The zero-order valence-corrected chi connectivity index (χ0v) is 19.0. The molecule has 0 spiro atoms. The van der Waals surface area contributed by atoms with E-state index in [2.05, 4.69) is 67.8 Å². The van der Waals surface area contributed by atoms with E-state index < -0.39 is 0 Å². The number of nitrogens with zero attached hydrogens (tertiary/aromatic N) is 6. The first-order valence-corrected chi connectivity index (χ1v) is 11.7. The highest BCUT2D eigenvalue weighted by Gasteiger charge is 2.13. The summed E-state index contributed by atoms with van der Waals surface area (Å²) >= 11 is 0. The summed E-state index contributed by atoms with van der Waals surface area (Å²) in [6.45, 7) is 6.22. The highest BCUT2D eigenvalue weighted by Crippen LogP contribution is 2.30. The van der Waals surface area contributed by atoms with Gasteiger partial charge in [0.05, 0.1) is 38.7 Å². The number of hydrogen-bond donors (Lipinski definition) is 1. The molecule has 0 bridgehead atoms. The number of aromatic amines is 1. The summed E-state index contributed by atoms with van der Waals surface area (Å²) in [6.07, 6.45) is 12.0. The Kier molecular flexibility index (Phi) is 5.66. The standard InChI is InChI=1S/C26H27N7O/c1-2-4-20(5-3-1)17-33-19-23(15-30-33)25-16-28-26-24(25)12-21(13-27-26)22-14-29-32(18-22)7-6-31-8-10-34-11-9-31/h1-5,12-16,18-19H,6-11,17H2,(H,27,28). The molecular formula is C26H27N7O. The van der Waals surface area contributed by atoms with Gasteiger partial charge in [-0.1, -0.05) is 30.3 Å². The van der Waals surface area contributed by atoms with Crippen LogP contribution in [0.3, 0.4) is 0 Å². The van der Waals surface area contributed by atoms with Gasteiger partial charge in [-0.15, -0.1) is 0 Å². The Labute approximate surface area is 197 Å². The van der Waals surface area contributed by atoms with Crippen LogP contribution in [-0.4, -0.2) is 67.3 Å². The highest BCUT2D eigenvalue weighted by molar-refractivity contribution is 5.95. The van der Waals surface area contributed by atoms with Crippen molar-refractivity contribution >= 4 is 11.0 Å². The molecule has 0 unspecified atom stereocenters. The maximum atomic E-state index is 5.43. The van der Waals surface area contributed by atoms with E-state index in [0.717, 1.165) is 79.2 Å². The fourth-order valence-electron chi connectivity index (χ4n) is 4.46. The third kappa shape index (κ3) is 4.37. The fourth-order valence-corrected chi connectivity index (χ4v) is 4.46. The third-order valence-corrected chi connectivity index (χ3v) is 6.38. The molecule has 1 N–H and O–H groups in total. The van der Waals surface area contributed by atoms with E-state index in [4.69, 9.17) is 4.74 Å². The molecule has 0 saturated carbocycles. The van der Waals surface area contributed by atoms with Crippen molar-refractivity contribution in [1.82, 2.24) is 34.4 Å². The van der Waals surface area contributed by atoms with Crippen LogP contribution in [0.25, 0.3) is 33.3 Å². The van der Waals surface area contributed by atoms with Crippen molar-refractivity contribution in [2.24, 2.45) is 0 Å². The zero-order valence-electron chi connectivity index (χ0n) is 19.0. The van der Waals surface area contributed by atoms with Crippen LogP contribution in [0.15, 0.2) is 73.6 Å². The Morgan fingerprint density at radius 2 is 1.65 bits per heavy atom. The second-order valence-electron chi connectivity index (χ2n) is 8.68. The smallest absolute Gasteiger partial charge is 0.137 e. The molecule has 0 aliphatic carbocycles. The quantitative estimate of drug-likeness (QED) is 0.407. The molecule has 0 atom stereocenters. The minimum Gasteiger partial charge on any atom is -0.379 e. The predicted octanol–water partition coefficient (Wildman–Crippen LogP) is 3.67. The molecule has 0 amide bonds. The van der Waals surface area contributed by atoms with E-state index in [0.29, 0.717) is 0 Å².